The van der Waals surface area contributed by atoms with Gasteiger partial charge in [0.2, 0.25) is 0 Å². The highest BCUT2D eigenvalue weighted by Gasteiger charge is 2.37. The fourth-order valence-electron chi connectivity index (χ4n) is 2.74. The molecular weight excluding hydrogens is 369 g/mol. The molecule has 0 saturated carbocycles. The fraction of sp³-hybridized carbons (Fsp3) is 0.368. The van der Waals surface area contributed by atoms with E-state index in [4.69, 9.17) is 13.6 Å². The maximum Gasteiger partial charge on any atom is 0.530 e. The number of nitro groups is 1. The Labute approximate surface area is 158 Å². The van der Waals surface area contributed by atoms with Gasteiger partial charge in [-0.25, -0.2) is 4.57 Å². The first-order valence-corrected chi connectivity index (χ1v) is 10.1. The second-order valence-electron chi connectivity index (χ2n) is 7.38. The molecule has 3 rings (SSSR count). The summed E-state index contributed by atoms with van der Waals surface area (Å²) in [5.74, 6) is 0.188. The van der Waals surface area contributed by atoms with Crippen LogP contribution >= 0.6 is 7.82 Å². The summed E-state index contributed by atoms with van der Waals surface area (Å²) >= 11 is 0. The van der Waals surface area contributed by atoms with Crippen LogP contribution in [0.1, 0.15) is 44.4 Å². The van der Waals surface area contributed by atoms with Crippen molar-refractivity contribution in [1.82, 2.24) is 0 Å². The lowest BCUT2D eigenvalue weighted by molar-refractivity contribution is -0.384. The molecule has 7 nitrogen and oxygen atoms in total. The molecular formula is C19H22NO6P. The van der Waals surface area contributed by atoms with Gasteiger partial charge in [0.15, 0.2) is 0 Å². The third-order valence-corrected chi connectivity index (χ3v) is 5.74. The Morgan fingerprint density at radius 2 is 1.74 bits per heavy atom. The van der Waals surface area contributed by atoms with E-state index in [9.17, 15) is 14.7 Å². The average molecular weight is 391 g/mol. The normalized spacial score (nSPS) is 23.0. The summed E-state index contributed by atoms with van der Waals surface area (Å²) in [6, 6.07) is 13.3. The number of nitro benzene ring substituents is 1. The smallest absolute Gasteiger partial charge is 0.404 e. The number of hydrogen-bond donors (Lipinski definition) is 0. The second-order valence-corrected chi connectivity index (χ2v) is 8.92. The molecule has 8 heteroatoms. The largest absolute Gasteiger partial charge is 0.530 e. The summed E-state index contributed by atoms with van der Waals surface area (Å²) in [6.45, 7) is 6.65. The van der Waals surface area contributed by atoms with Gasteiger partial charge in [-0.1, -0.05) is 45.0 Å². The fourth-order valence-corrected chi connectivity index (χ4v) is 4.15. The third kappa shape index (κ3) is 4.75. The summed E-state index contributed by atoms with van der Waals surface area (Å²) in [4.78, 5) is 10.2. The van der Waals surface area contributed by atoms with Crippen LogP contribution in [0.5, 0.6) is 5.75 Å². The zero-order chi connectivity index (χ0) is 19.7. The molecule has 1 aliphatic heterocycles. The molecule has 2 unspecified atom stereocenters. The van der Waals surface area contributed by atoms with Gasteiger partial charge < -0.3 is 4.52 Å². The first-order valence-electron chi connectivity index (χ1n) is 8.64. The van der Waals surface area contributed by atoms with Gasteiger partial charge in [0.25, 0.3) is 5.69 Å². The molecule has 0 spiro atoms. The van der Waals surface area contributed by atoms with E-state index >= 15 is 0 Å². The van der Waals surface area contributed by atoms with E-state index in [0.29, 0.717) is 6.42 Å². The Hall–Kier alpha value is -2.21. The minimum Gasteiger partial charge on any atom is -0.404 e. The Bertz CT molecular complexity index is 857. The Morgan fingerprint density at radius 3 is 2.30 bits per heavy atom. The van der Waals surface area contributed by atoms with Gasteiger partial charge in [-0.3, -0.25) is 19.2 Å². The van der Waals surface area contributed by atoms with Crippen molar-refractivity contribution >= 4 is 13.5 Å². The molecule has 0 aromatic heterocycles. The number of nitrogens with zero attached hydrogens (tertiary/aromatic N) is 1. The van der Waals surface area contributed by atoms with Crippen molar-refractivity contribution in [2.75, 3.05) is 6.61 Å². The van der Waals surface area contributed by atoms with Gasteiger partial charge in [0, 0.05) is 18.6 Å². The summed E-state index contributed by atoms with van der Waals surface area (Å²) < 4.78 is 29.1. The van der Waals surface area contributed by atoms with Crippen LogP contribution in [-0.2, 0) is 19.0 Å². The summed E-state index contributed by atoms with van der Waals surface area (Å²) in [6.07, 6.45) is 0.152. The quantitative estimate of drug-likeness (QED) is 0.385. The molecule has 144 valence electrons. The zero-order valence-electron chi connectivity index (χ0n) is 15.5. The van der Waals surface area contributed by atoms with E-state index < -0.39 is 18.8 Å². The zero-order valence-corrected chi connectivity index (χ0v) is 16.3. The average Bonchev–Trinajstić information content (AvgIpc) is 2.61. The molecule has 1 saturated heterocycles. The van der Waals surface area contributed by atoms with Crippen LogP contribution in [0.4, 0.5) is 5.69 Å². The molecule has 2 aromatic carbocycles. The number of benzene rings is 2. The van der Waals surface area contributed by atoms with Crippen molar-refractivity contribution in [3.8, 4) is 5.75 Å². The van der Waals surface area contributed by atoms with Crippen molar-refractivity contribution in [2.45, 2.75) is 38.7 Å². The maximum atomic E-state index is 12.8. The number of hydrogen-bond acceptors (Lipinski definition) is 6. The number of phosphoric ester groups is 1. The molecule has 27 heavy (non-hydrogen) atoms. The molecule has 1 heterocycles. The highest BCUT2D eigenvalue weighted by Crippen LogP contribution is 2.56. The lowest BCUT2D eigenvalue weighted by Gasteiger charge is -2.29. The van der Waals surface area contributed by atoms with Crippen LogP contribution in [0.3, 0.4) is 0 Å². The summed E-state index contributed by atoms with van der Waals surface area (Å²) in [5.41, 5.74) is 2.06. The monoisotopic (exact) mass is 391 g/mol. The van der Waals surface area contributed by atoms with Gasteiger partial charge in [0.1, 0.15) is 5.75 Å². The highest BCUT2D eigenvalue weighted by atomic mass is 31.2. The van der Waals surface area contributed by atoms with Gasteiger partial charge in [-0.15, -0.1) is 0 Å². The van der Waals surface area contributed by atoms with E-state index in [0.717, 1.165) is 5.56 Å². The number of non-ortho nitro benzene ring substituents is 1. The van der Waals surface area contributed by atoms with Crippen molar-refractivity contribution in [1.29, 1.82) is 0 Å². The molecule has 0 N–H and O–H groups in total. The minimum atomic E-state index is -3.81. The molecule has 0 aliphatic carbocycles. The predicted octanol–water partition coefficient (Wildman–Crippen LogP) is 5.56. The molecule has 1 aliphatic rings. The maximum absolute atomic E-state index is 12.8. The molecule has 0 bridgehead atoms. The summed E-state index contributed by atoms with van der Waals surface area (Å²) in [5, 5.41) is 10.7. The van der Waals surface area contributed by atoms with Crippen LogP contribution in [0, 0.1) is 10.1 Å². The van der Waals surface area contributed by atoms with E-state index in [1.165, 1.54) is 29.8 Å². The SMILES string of the molecule is CC(C)(C)c1ccc(C2CCOP(=O)(Oc3ccc([N+](=O)[O-])cc3)O2)cc1. The second kappa shape index (κ2) is 7.43. The molecule has 2 aromatic rings. The Kier molecular flexibility index (Phi) is 5.38. The number of phosphoric acid groups is 1. The van der Waals surface area contributed by atoms with Crippen LogP contribution in [0.25, 0.3) is 0 Å². The molecule has 2 atom stereocenters. The first kappa shape index (κ1) is 19.5. The third-order valence-electron chi connectivity index (χ3n) is 4.30. The lowest BCUT2D eigenvalue weighted by atomic mass is 9.86. The molecule has 1 fully saturated rings. The van der Waals surface area contributed by atoms with Gasteiger partial charge >= 0.3 is 7.82 Å². The minimum absolute atomic E-state index is 0.0450. The van der Waals surface area contributed by atoms with Crippen LogP contribution in [0.2, 0.25) is 0 Å². The molecule has 0 radical (unpaired) electrons. The van der Waals surface area contributed by atoms with E-state index in [1.807, 2.05) is 24.3 Å². The van der Waals surface area contributed by atoms with Crippen molar-refractivity contribution in [3.63, 3.8) is 0 Å². The predicted molar refractivity (Wildman–Crippen MR) is 101 cm³/mol. The summed E-state index contributed by atoms with van der Waals surface area (Å²) in [7, 11) is -3.81. The Balaban J connectivity index is 1.72. The lowest BCUT2D eigenvalue weighted by Crippen LogP contribution is -2.17. The van der Waals surface area contributed by atoms with Crippen molar-refractivity contribution in [3.05, 3.63) is 69.8 Å². The van der Waals surface area contributed by atoms with E-state index in [2.05, 4.69) is 20.8 Å². The van der Waals surface area contributed by atoms with Crippen LogP contribution in [0.15, 0.2) is 48.5 Å². The van der Waals surface area contributed by atoms with Crippen LogP contribution < -0.4 is 4.52 Å². The highest BCUT2D eigenvalue weighted by molar-refractivity contribution is 7.49. The van der Waals surface area contributed by atoms with E-state index in [1.54, 1.807) is 0 Å². The van der Waals surface area contributed by atoms with Gasteiger partial charge in [0.05, 0.1) is 17.6 Å². The van der Waals surface area contributed by atoms with Crippen molar-refractivity contribution in [2.24, 2.45) is 0 Å². The van der Waals surface area contributed by atoms with Crippen LogP contribution in [-0.4, -0.2) is 11.5 Å². The Morgan fingerprint density at radius 1 is 1.11 bits per heavy atom. The van der Waals surface area contributed by atoms with Crippen molar-refractivity contribution < 1.29 is 23.1 Å². The first-order chi connectivity index (χ1) is 12.7. The van der Waals surface area contributed by atoms with E-state index in [-0.39, 0.29) is 23.5 Å². The van der Waals surface area contributed by atoms with Gasteiger partial charge in [-0.2, -0.15) is 0 Å². The van der Waals surface area contributed by atoms with Gasteiger partial charge in [-0.05, 0) is 28.7 Å². The molecule has 0 amide bonds. The number of rotatable bonds is 4. The topological polar surface area (TPSA) is 87.9 Å². The standard InChI is InChI=1S/C19H22NO6P/c1-19(2,3)15-6-4-14(5-7-15)18-12-13-24-27(23,26-18)25-17-10-8-16(9-11-17)20(21)22/h4-11,18H,12-13H2,1-3H3.